The fourth-order valence-corrected chi connectivity index (χ4v) is 3.18. The molecule has 0 aliphatic carbocycles. The van der Waals surface area contributed by atoms with E-state index in [-0.39, 0.29) is 18.2 Å². The molecule has 0 bridgehead atoms. The first-order chi connectivity index (χ1) is 10.8. The number of β-lactam (4-membered cyclic amide) rings is 1. The van der Waals surface area contributed by atoms with Crippen molar-refractivity contribution in [3.8, 4) is 0 Å². The summed E-state index contributed by atoms with van der Waals surface area (Å²) in [6.07, 6.45) is -0.557. The second-order valence-corrected chi connectivity index (χ2v) is 7.49. The number of hydrogen-bond acceptors (Lipinski definition) is 5. The lowest BCUT2D eigenvalue weighted by Gasteiger charge is -2.44. The Balaban J connectivity index is 1.65. The molecule has 6 nitrogen and oxygen atoms in total. The largest absolute Gasteiger partial charge is 0.437 e. The smallest absolute Gasteiger partial charge is 0.332 e. The first kappa shape index (κ1) is 15.9. The lowest BCUT2D eigenvalue weighted by atomic mass is 9.96. The van der Waals surface area contributed by atoms with E-state index in [1.165, 1.54) is 4.90 Å². The number of thiol groups is 1. The zero-order valence-electron chi connectivity index (χ0n) is 12.9. The molecule has 2 aliphatic heterocycles. The Labute approximate surface area is 139 Å². The number of nitrogens with one attached hydrogen (secondary N) is 1. The van der Waals surface area contributed by atoms with Gasteiger partial charge in [-0.05, 0) is 19.4 Å². The van der Waals surface area contributed by atoms with Crippen molar-refractivity contribution in [1.82, 2.24) is 10.2 Å². The Kier molecular flexibility index (Phi) is 3.83. The van der Waals surface area contributed by atoms with Crippen LogP contribution in [0.15, 0.2) is 30.3 Å². The van der Waals surface area contributed by atoms with Crippen LogP contribution in [0, 0.1) is 0 Å². The van der Waals surface area contributed by atoms with E-state index < -0.39 is 29.0 Å². The molecule has 1 aromatic carbocycles. The summed E-state index contributed by atoms with van der Waals surface area (Å²) >= 11 is 4.37. The molecule has 0 spiro atoms. The van der Waals surface area contributed by atoms with Crippen molar-refractivity contribution in [1.29, 1.82) is 0 Å². The highest BCUT2D eigenvalue weighted by molar-refractivity contribution is 7.81. The lowest BCUT2D eigenvalue weighted by molar-refractivity contribution is -0.169. The van der Waals surface area contributed by atoms with Gasteiger partial charge in [0.1, 0.15) is 6.04 Å². The molecular formula is C16H18N2O4S. The molecule has 3 atom stereocenters. The van der Waals surface area contributed by atoms with Crippen molar-refractivity contribution in [2.24, 2.45) is 0 Å². The van der Waals surface area contributed by atoms with E-state index in [9.17, 15) is 14.4 Å². The number of carbonyl (C=O) groups excluding carboxylic acids is 3. The number of fused-ring (bicyclic) bond motifs is 1. The molecule has 23 heavy (non-hydrogen) atoms. The third-order valence-corrected chi connectivity index (χ3v) is 4.26. The average molecular weight is 334 g/mol. The minimum Gasteiger partial charge on any atom is -0.437 e. The predicted octanol–water partition coefficient (Wildman–Crippen LogP) is 0.516. The molecule has 7 heteroatoms. The van der Waals surface area contributed by atoms with Crippen LogP contribution in [0.5, 0.6) is 0 Å². The monoisotopic (exact) mass is 334 g/mol. The molecule has 2 saturated heterocycles. The summed E-state index contributed by atoms with van der Waals surface area (Å²) in [7, 11) is 0. The minimum atomic E-state index is -0.809. The Morgan fingerprint density at radius 1 is 1.30 bits per heavy atom. The van der Waals surface area contributed by atoms with Crippen molar-refractivity contribution < 1.29 is 19.1 Å². The summed E-state index contributed by atoms with van der Waals surface area (Å²) in [5.74, 6) is -1.07. The van der Waals surface area contributed by atoms with Crippen molar-refractivity contribution in [3.05, 3.63) is 35.9 Å². The van der Waals surface area contributed by atoms with E-state index in [1.807, 2.05) is 30.3 Å². The highest BCUT2D eigenvalue weighted by atomic mass is 32.1. The number of benzene rings is 1. The number of hydrogen-bond donors (Lipinski definition) is 2. The molecule has 2 amide bonds. The molecule has 3 rings (SSSR count). The minimum absolute atomic E-state index is 0.173. The summed E-state index contributed by atoms with van der Waals surface area (Å²) in [5.41, 5.74) is 0.853. The van der Waals surface area contributed by atoms with Gasteiger partial charge >= 0.3 is 5.97 Å². The number of nitrogens with zero attached hydrogens (tertiary/aromatic N) is 1. The zero-order valence-corrected chi connectivity index (χ0v) is 13.7. The molecule has 0 saturated carbocycles. The molecule has 0 aromatic heterocycles. The molecule has 3 unspecified atom stereocenters. The summed E-state index contributed by atoms with van der Waals surface area (Å²) in [6.45, 7) is 3.50. The van der Waals surface area contributed by atoms with E-state index in [0.717, 1.165) is 5.56 Å². The third kappa shape index (κ3) is 2.81. The van der Waals surface area contributed by atoms with Gasteiger partial charge in [-0.15, -0.1) is 0 Å². The molecule has 2 aliphatic rings. The van der Waals surface area contributed by atoms with E-state index in [1.54, 1.807) is 13.8 Å². The van der Waals surface area contributed by atoms with E-state index >= 15 is 0 Å². The van der Waals surface area contributed by atoms with Crippen LogP contribution in [0.4, 0.5) is 0 Å². The van der Waals surface area contributed by atoms with Gasteiger partial charge in [0.2, 0.25) is 12.1 Å². The van der Waals surface area contributed by atoms with Crippen molar-refractivity contribution in [2.45, 2.75) is 43.3 Å². The van der Waals surface area contributed by atoms with Crippen molar-refractivity contribution >= 4 is 30.4 Å². The van der Waals surface area contributed by atoms with Gasteiger partial charge in [0.25, 0.3) is 5.91 Å². The topological polar surface area (TPSA) is 75.7 Å². The summed E-state index contributed by atoms with van der Waals surface area (Å²) in [6, 6.07) is 7.69. The summed E-state index contributed by atoms with van der Waals surface area (Å²) in [5, 5.41) is 2.65. The van der Waals surface area contributed by atoms with E-state index in [0.29, 0.717) is 0 Å². The molecule has 0 radical (unpaired) electrons. The van der Waals surface area contributed by atoms with Crippen molar-refractivity contribution in [3.63, 3.8) is 0 Å². The number of amides is 2. The van der Waals surface area contributed by atoms with Crippen LogP contribution in [0.1, 0.15) is 19.4 Å². The Morgan fingerprint density at radius 2 is 1.96 bits per heavy atom. The van der Waals surface area contributed by atoms with Crippen LogP contribution >= 0.6 is 12.6 Å². The number of esters is 1. The quantitative estimate of drug-likeness (QED) is 0.478. The Morgan fingerprint density at radius 3 is 2.57 bits per heavy atom. The number of carbonyl (C=O) groups is 3. The maximum Gasteiger partial charge on any atom is 0.332 e. The first-order valence-electron chi connectivity index (χ1n) is 7.37. The first-order valence-corrected chi connectivity index (χ1v) is 7.82. The highest BCUT2D eigenvalue weighted by Crippen LogP contribution is 2.38. The van der Waals surface area contributed by atoms with E-state index in [2.05, 4.69) is 17.9 Å². The van der Waals surface area contributed by atoms with Gasteiger partial charge in [-0.3, -0.25) is 14.5 Å². The maximum absolute atomic E-state index is 12.3. The highest BCUT2D eigenvalue weighted by Gasteiger charge is 2.63. The second-order valence-electron chi connectivity index (χ2n) is 6.34. The average Bonchev–Trinajstić information content (AvgIpc) is 2.80. The number of rotatable bonds is 4. The Bertz CT molecular complexity index is 656. The van der Waals surface area contributed by atoms with Crippen LogP contribution in [0.3, 0.4) is 0 Å². The molecule has 2 heterocycles. The molecule has 122 valence electrons. The summed E-state index contributed by atoms with van der Waals surface area (Å²) in [4.78, 5) is 37.7. The van der Waals surface area contributed by atoms with Crippen LogP contribution in [-0.2, 0) is 25.5 Å². The Hall–Kier alpha value is -2.02. The van der Waals surface area contributed by atoms with Crippen LogP contribution in [-0.4, -0.2) is 45.7 Å². The second kappa shape index (κ2) is 5.56. The van der Waals surface area contributed by atoms with Crippen LogP contribution in [0.2, 0.25) is 0 Å². The van der Waals surface area contributed by atoms with Gasteiger partial charge in [0.05, 0.1) is 6.42 Å². The standard InChI is InChI=1S/C16H18N2O4S/c1-16(2,23)12-15(21)22-14-11(13(20)18(12)14)17-10(19)8-9-6-4-3-5-7-9/h3-7,11-12,14,23H,8H2,1-2H3,(H,17,19). The maximum atomic E-state index is 12.3. The normalized spacial score (nSPS) is 26.4. The van der Waals surface area contributed by atoms with Crippen LogP contribution < -0.4 is 5.32 Å². The van der Waals surface area contributed by atoms with Gasteiger partial charge in [-0.25, -0.2) is 4.79 Å². The predicted molar refractivity (Wildman–Crippen MR) is 85.7 cm³/mol. The number of ether oxygens (including phenoxy) is 1. The van der Waals surface area contributed by atoms with Gasteiger partial charge in [-0.2, -0.15) is 12.6 Å². The summed E-state index contributed by atoms with van der Waals surface area (Å²) < 4.78 is 4.53. The van der Waals surface area contributed by atoms with Gasteiger partial charge in [0.15, 0.2) is 6.04 Å². The van der Waals surface area contributed by atoms with Gasteiger partial charge in [-0.1, -0.05) is 30.3 Å². The molecule has 1 aromatic rings. The van der Waals surface area contributed by atoms with Crippen LogP contribution in [0.25, 0.3) is 0 Å². The molecule has 2 fully saturated rings. The lowest BCUT2D eigenvalue weighted by Crippen LogP contribution is -2.72. The van der Waals surface area contributed by atoms with E-state index in [4.69, 9.17) is 4.74 Å². The third-order valence-electron chi connectivity index (χ3n) is 4.01. The van der Waals surface area contributed by atoms with Gasteiger partial charge in [0, 0.05) is 4.75 Å². The SMILES string of the molecule is CC(C)(S)C1C(=O)OC2C(NC(=O)Cc3ccccc3)C(=O)N21. The molecular weight excluding hydrogens is 316 g/mol. The molecule has 1 N–H and O–H groups in total. The van der Waals surface area contributed by atoms with Crippen molar-refractivity contribution in [2.75, 3.05) is 0 Å². The van der Waals surface area contributed by atoms with Gasteiger partial charge < -0.3 is 10.1 Å². The fourth-order valence-electron chi connectivity index (χ4n) is 2.95. The fraction of sp³-hybridized carbons (Fsp3) is 0.438. The zero-order chi connectivity index (χ0) is 16.8.